The molecule has 0 saturated carbocycles. The van der Waals surface area contributed by atoms with E-state index in [-0.39, 0.29) is 12.4 Å². The number of anilines is 1. The molecule has 1 aromatic carbocycles. The van der Waals surface area contributed by atoms with Gasteiger partial charge in [-0.25, -0.2) is 0 Å². The van der Waals surface area contributed by atoms with Gasteiger partial charge in [-0.05, 0) is 25.1 Å². The third-order valence-corrected chi connectivity index (χ3v) is 3.05. The second-order valence-corrected chi connectivity index (χ2v) is 4.21. The van der Waals surface area contributed by atoms with Crippen molar-refractivity contribution in [1.82, 2.24) is 10.3 Å². The molecule has 4 heteroatoms. The molecule has 2 aromatic rings. The fourth-order valence-electron chi connectivity index (χ4n) is 2.22. The molecule has 17 heavy (non-hydrogen) atoms. The zero-order valence-electron chi connectivity index (χ0n) is 9.52. The van der Waals surface area contributed by atoms with Crippen molar-refractivity contribution in [2.24, 2.45) is 0 Å². The summed E-state index contributed by atoms with van der Waals surface area (Å²) in [6.45, 7) is 2.15. The Bertz CT molecular complexity index is 489. The van der Waals surface area contributed by atoms with E-state index in [1.807, 2.05) is 12.3 Å². The lowest BCUT2D eigenvalue weighted by Gasteiger charge is -2.14. The van der Waals surface area contributed by atoms with E-state index in [0.29, 0.717) is 6.04 Å². The Morgan fingerprint density at radius 1 is 1.24 bits per heavy atom. The van der Waals surface area contributed by atoms with E-state index < -0.39 is 0 Å². The topological polar surface area (TPSA) is 37.0 Å². The Morgan fingerprint density at radius 3 is 2.94 bits per heavy atom. The minimum atomic E-state index is 0. The number of fused-ring (bicyclic) bond motifs is 1. The van der Waals surface area contributed by atoms with Crippen LogP contribution in [0.2, 0.25) is 0 Å². The number of nitrogens with zero attached hydrogens (tertiary/aromatic N) is 1. The van der Waals surface area contributed by atoms with Crippen LogP contribution in [0.15, 0.2) is 36.5 Å². The van der Waals surface area contributed by atoms with Gasteiger partial charge in [0.15, 0.2) is 0 Å². The van der Waals surface area contributed by atoms with Gasteiger partial charge < -0.3 is 10.6 Å². The van der Waals surface area contributed by atoms with E-state index in [1.54, 1.807) is 0 Å². The Hall–Kier alpha value is -1.32. The number of halogens is 1. The molecule has 1 unspecified atom stereocenters. The third kappa shape index (κ3) is 2.51. The van der Waals surface area contributed by atoms with Gasteiger partial charge in [0.05, 0.1) is 11.2 Å². The van der Waals surface area contributed by atoms with Crippen LogP contribution in [-0.2, 0) is 0 Å². The first-order valence-electron chi connectivity index (χ1n) is 5.74. The van der Waals surface area contributed by atoms with Gasteiger partial charge in [-0.1, -0.05) is 18.2 Å². The van der Waals surface area contributed by atoms with E-state index in [1.165, 1.54) is 11.8 Å². The first kappa shape index (κ1) is 12.1. The van der Waals surface area contributed by atoms with E-state index in [4.69, 9.17) is 0 Å². The average Bonchev–Trinajstić information content (AvgIpc) is 2.82. The number of rotatable bonds is 2. The summed E-state index contributed by atoms with van der Waals surface area (Å²) in [5.41, 5.74) is 2.21. The fourth-order valence-corrected chi connectivity index (χ4v) is 2.22. The molecule has 1 aliphatic heterocycles. The molecule has 3 nitrogen and oxygen atoms in total. The zero-order chi connectivity index (χ0) is 10.8. The quantitative estimate of drug-likeness (QED) is 0.859. The lowest BCUT2D eigenvalue weighted by atomic mass is 10.1. The van der Waals surface area contributed by atoms with Crippen LogP contribution in [-0.4, -0.2) is 24.1 Å². The molecule has 0 amide bonds. The number of hydrogen-bond donors (Lipinski definition) is 2. The summed E-state index contributed by atoms with van der Waals surface area (Å²) in [6.07, 6.45) is 3.03. The molecule has 2 N–H and O–H groups in total. The highest BCUT2D eigenvalue weighted by atomic mass is 35.5. The number of hydrogen-bond acceptors (Lipinski definition) is 3. The van der Waals surface area contributed by atoms with E-state index >= 15 is 0 Å². The maximum absolute atomic E-state index is 4.44. The predicted octanol–water partition coefficient (Wildman–Crippen LogP) is 2.43. The van der Waals surface area contributed by atoms with Gasteiger partial charge in [-0.3, -0.25) is 4.98 Å². The molecule has 1 fully saturated rings. The van der Waals surface area contributed by atoms with Gasteiger partial charge in [-0.15, -0.1) is 12.4 Å². The first-order valence-corrected chi connectivity index (χ1v) is 5.74. The highest BCUT2D eigenvalue weighted by Gasteiger charge is 2.14. The van der Waals surface area contributed by atoms with Crippen LogP contribution in [0, 0.1) is 0 Å². The van der Waals surface area contributed by atoms with E-state index in [2.05, 4.69) is 39.9 Å². The van der Waals surface area contributed by atoms with Crippen molar-refractivity contribution in [3.05, 3.63) is 36.5 Å². The van der Waals surface area contributed by atoms with Crippen molar-refractivity contribution in [2.75, 3.05) is 18.4 Å². The molecular weight excluding hydrogens is 234 g/mol. The summed E-state index contributed by atoms with van der Waals surface area (Å²) in [5, 5.41) is 8.11. The number of nitrogens with one attached hydrogen (secondary N) is 2. The van der Waals surface area contributed by atoms with Gasteiger partial charge in [0.25, 0.3) is 0 Å². The van der Waals surface area contributed by atoms with Gasteiger partial charge in [0.1, 0.15) is 0 Å². The highest BCUT2D eigenvalue weighted by Crippen LogP contribution is 2.22. The molecule has 1 saturated heterocycles. The van der Waals surface area contributed by atoms with Crippen LogP contribution in [0.5, 0.6) is 0 Å². The molecular formula is C13H16ClN3. The molecule has 0 spiro atoms. The lowest BCUT2D eigenvalue weighted by Crippen LogP contribution is -2.22. The highest BCUT2D eigenvalue weighted by molar-refractivity contribution is 5.90. The smallest absolute Gasteiger partial charge is 0.0933 e. The summed E-state index contributed by atoms with van der Waals surface area (Å²) in [7, 11) is 0. The summed E-state index contributed by atoms with van der Waals surface area (Å²) in [5.74, 6) is 0. The number of aromatic nitrogens is 1. The van der Waals surface area contributed by atoms with Crippen molar-refractivity contribution in [2.45, 2.75) is 12.5 Å². The van der Waals surface area contributed by atoms with Gasteiger partial charge in [0, 0.05) is 24.2 Å². The summed E-state index contributed by atoms with van der Waals surface area (Å²) in [6, 6.07) is 10.9. The summed E-state index contributed by atoms with van der Waals surface area (Å²) < 4.78 is 0. The maximum Gasteiger partial charge on any atom is 0.0933 e. The first-order chi connectivity index (χ1) is 7.93. The molecule has 0 bridgehead atoms. The Kier molecular flexibility index (Phi) is 3.82. The largest absolute Gasteiger partial charge is 0.379 e. The molecule has 0 aliphatic carbocycles. The van der Waals surface area contributed by atoms with Gasteiger partial charge >= 0.3 is 0 Å². The van der Waals surface area contributed by atoms with E-state index in [0.717, 1.165) is 24.3 Å². The maximum atomic E-state index is 4.44. The van der Waals surface area contributed by atoms with Gasteiger partial charge in [0.2, 0.25) is 0 Å². The molecule has 2 heterocycles. The minimum absolute atomic E-state index is 0. The Labute approximate surface area is 107 Å². The van der Waals surface area contributed by atoms with Crippen LogP contribution in [0.4, 0.5) is 5.69 Å². The molecule has 0 radical (unpaired) electrons. The van der Waals surface area contributed by atoms with Crippen LogP contribution in [0.1, 0.15) is 6.42 Å². The van der Waals surface area contributed by atoms with Gasteiger partial charge in [-0.2, -0.15) is 0 Å². The Balaban J connectivity index is 0.00000108. The zero-order valence-corrected chi connectivity index (χ0v) is 10.3. The second kappa shape index (κ2) is 5.34. The SMILES string of the molecule is Cl.c1cnc2c(NC3CCNC3)cccc2c1. The third-order valence-electron chi connectivity index (χ3n) is 3.05. The standard InChI is InChI=1S/C13H15N3.ClH/c1-3-10-4-2-7-15-13(10)12(5-1)16-11-6-8-14-9-11;/h1-5,7,11,14,16H,6,8-9H2;1H. The van der Waals surface area contributed by atoms with E-state index in [9.17, 15) is 0 Å². The number of pyridine rings is 1. The monoisotopic (exact) mass is 249 g/mol. The number of para-hydroxylation sites is 1. The van der Waals surface area contributed by atoms with Crippen LogP contribution >= 0.6 is 12.4 Å². The lowest BCUT2D eigenvalue weighted by molar-refractivity contribution is 0.794. The summed E-state index contributed by atoms with van der Waals surface area (Å²) >= 11 is 0. The molecule has 1 aliphatic rings. The van der Waals surface area contributed by atoms with Crippen molar-refractivity contribution in [3.63, 3.8) is 0 Å². The van der Waals surface area contributed by atoms with Crippen molar-refractivity contribution >= 4 is 29.0 Å². The van der Waals surface area contributed by atoms with Crippen molar-refractivity contribution in [1.29, 1.82) is 0 Å². The van der Waals surface area contributed by atoms with Crippen LogP contribution in [0.25, 0.3) is 10.9 Å². The van der Waals surface area contributed by atoms with Crippen molar-refractivity contribution < 1.29 is 0 Å². The molecule has 3 rings (SSSR count). The predicted molar refractivity (Wildman–Crippen MR) is 73.9 cm³/mol. The minimum Gasteiger partial charge on any atom is -0.379 e. The Morgan fingerprint density at radius 2 is 2.12 bits per heavy atom. The fraction of sp³-hybridized carbons (Fsp3) is 0.308. The molecule has 90 valence electrons. The summed E-state index contributed by atoms with van der Waals surface area (Å²) in [4.78, 5) is 4.44. The normalized spacial score (nSPS) is 18.9. The second-order valence-electron chi connectivity index (χ2n) is 4.21. The van der Waals surface area contributed by atoms with Crippen LogP contribution < -0.4 is 10.6 Å². The van der Waals surface area contributed by atoms with Crippen molar-refractivity contribution in [3.8, 4) is 0 Å². The molecule has 1 aromatic heterocycles. The van der Waals surface area contributed by atoms with Crippen LogP contribution in [0.3, 0.4) is 0 Å². The molecule has 1 atom stereocenters. The number of benzene rings is 1. The average molecular weight is 250 g/mol.